The molecule has 1 aliphatic rings. The molecule has 1 saturated heterocycles. The van der Waals surface area contributed by atoms with Crippen molar-refractivity contribution in [2.24, 2.45) is 13.0 Å². The van der Waals surface area contributed by atoms with Crippen molar-refractivity contribution in [2.75, 3.05) is 11.4 Å². The van der Waals surface area contributed by atoms with Gasteiger partial charge in [0.1, 0.15) is 0 Å². The Bertz CT molecular complexity index is 1030. The second-order valence-corrected chi connectivity index (χ2v) is 7.34. The van der Waals surface area contributed by atoms with Gasteiger partial charge in [-0.25, -0.2) is 0 Å². The van der Waals surface area contributed by atoms with Gasteiger partial charge in [0, 0.05) is 43.7 Å². The number of aromatic nitrogens is 3. The highest BCUT2D eigenvalue weighted by molar-refractivity contribution is 6.00. The number of nitrogens with zero attached hydrogens (tertiary/aromatic N) is 4. The number of anilines is 1. The van der Waals surface area contributed by atoms with Crippen LogP contribution in [0.15, 0.2) is 54.9 Å². The molecule has 0 saturated carbocycles. The zero-order valence-electron chi connectivity index (χ0n) is 16.5. The van der Waals surface area contributed by atoms with Crippen LogP contribution in [0.5, 0.6) is 0 Å². The monoisotopic (exact) mass is 389 g/mol. The minimum atomic E-state index is -0.354. The second-order valence-electron chi connectivity index (χ2n) is 7.34. The molecule has 29 heavy (non-hydrogen) atoms. The van der Waals surface area contributed by atoms with Crippen LogP contribution in [0.3, 0.4) is 0 Å². The number of nitrogens with one attached hydrogen (secondary N) is 1. The summed E-state index contributed by atoms with van der Waals surface area (Å²) >= 11 is 0. The molecule has 0 radical (unpaired) electrons. The fraction of sp³-hybridized carbons (Fsp3) is 0.273. The second kappa shape index (κ2) is 7.87. The van der Waals surface area contributed by atoms with Crippen molar-refractivity contribution in [3.05, 3.63) is 66.1 Å². The van der Waals surface area contributed by atoms with Gasteiger partial charge in [-0.2, -0.15) is 5.10 Å². The number of carbonyl (C=O) groups is 2. The van der Waals surface area contributed by atoms with Crippen molar-refractivity contribution in [1.82, 2.24) is 20.1 Å². The van der Waals surface area contributed by atoms with E-state index in [1.165, 1.54) is 0 Å². The van der Waals surface area contributed by atoms with Crippen LogP contribution >= 0.6 is 0 Å². The predicted octanol–water partition coefficient (Wildman–Crippen LogP) is 2.46. The average Bonchev–Trinajstić information content (AvgIpc) is 3.30. The quantitative estimate of drug-likeness (QED) is 0.727. The molecule has 0 spiro atoms. The first-order valence-corrected chi connectivity index (χ1v) is 9.59. The number of pyridine rings is 1. The molecule has 7 nitrogen and oxygen atoms in total. The highest BCUT2D eigenvalue weighted by Crippen LogP contribution is 2.25. The molecule has 2 aromatic heterocycles. The number of aryl methyl sites for hydroxylation is 2. The van der Waals surface area contributed by atoms with Crippen LogP contribution in [0.4, 0.5) is 5.69 Å². The Hall–Kier alpha value is -3.48. The molecule has 2 amide bonds. The molecule has 0 aliphatic carbocycles. The number of benzene rings is 1. The maximum absolute atomic E-state index is 12.6. The highest BCUT2D eigenvalue weighted by Gasteiger charge is 2.35. The lowest BCUT2D eigenvalue weighted by Crippen LogP contribution is -2.32. The third kappa shape index (κ3) is 4.03. The predicted molar refractivity (Wildman–Crippen MR) is 110 cm³/mol. The van der Waals surface area contributed by atoms with Crippen molar-refractivity contribution in [3.8, 4) is 11.3 Å². The van der Waals surface area contributed by atoms with Crippen LogP contribution in [-0.4, -0.2) is 33.1 Å². The molecule has 3 aromatic rings. The zero-order chi connectivity index (χ0) is 20.4. The van der Waals surface area contributed by atoms with Crippen molar-refractivity contribution in [1.29, 1.82) is 0 Å². The SMILES string of the molecule is Cc1ccc(N2CC(C(=O)NCc3cc(-c4ccncc4)n(C)n3)CC2=O)cc1. The topological polar surface area (TPSA) is 80.1 Å². The van der Waals surface area contributed by atoms with Gasteiger partial charge in [-0.3, -0.25) is 19.3 Å². The van der Waals surface area contributed by atoms with E-state index in [4.69, 9.17) is 0 Å². The van der Waals surface area contributed by atoms with Gasteiger partial charge in [0.05, 0.1) is 23.9 Å². The van der Waals surface area contributed by atoms with Crippen LogP contribution in [0.1, 0.15) is 17.7 Å². The number of hydrogen-bond donors (Lipinski definition) is 1. The normalized spacial score (nSPS) is 16.3. The lowest BCUT2D eigenvalue weighted by molar-refractivity contribution is -0.126. The Morgan fingerprint density at radius 3 is 2.62 bits per heavy atom. The fourth-order valence-electron chi connectivity index (χ4n) is 3.59. The molecule has 1 fully saturated rings. The summed E-state index contributed by atoms with van der Waals surface area (Å²) in [6.45, 7) is 2.73. The minimum Gasteiger partial charge on any atom is -0.350 e. The van der Waals surface area contributed by atoms with Crippen LogP contribution in [0, 0.1) is 12.8 Å². The summed E-state index contributed by atoms with van der Waals surface area (Å²) < 4.78 is 1.79. The molecular formula is C22H23N5O2. The molecule has 1 N–H and O–H groups in total. The summed E-state index contributed by atoms with van der Waals surface area (Å²) in [5.74, 6) is -0.497. The molecule has 0 bridgehead atoms. The summed E-state index contributed by atoms with van der Waals surface area (Å²) in [6.07, 6.45) is 3.70. The largest absolute Gasteiger partial charge is 0.350 e. The molecule has 1 atom stereocenters. The van der Waals surface area contributed by atoms with E-state index in [0.717, 1.165) is 28.2 Å². The van der Waals surface area contributed by atoms with Gasteiger partial charge < -0.3 is 10.2 Å². The Kier molecular flexibility index (Phi) is 5.12. The Morgan fingerprint density at radius 1 is 1.17 bits per heavy atom. The van der Waals surface area contributed by atoms with E-state index in [2.05, 4.69) is 15.4 Å². The third-order valence-electron chi connectivity index (χ3n) is 5.19. The minimum absolute atomic E-state index is 0.0215. The maximum Gasteiger partial charge on any atom is 0.227 e. The number of amides is 2. The zero-order valence-corrected chi connectivity index (χ0v) is 16.5. The number of rotatable bonds is 5. The van der Waals surface area contributed by atoms with Crippen molar-refractivity contribution < 1.29 is 9.59 Å². The smallest absolute Gasteiger partial charge is 0.227 e. The van der Waals surface area contributed by atoms with Crippen molar-refractivity contribution >= 4 is 17.5 Å². The van der Waals surface area contributed by atoms with Gasteiger partial charge in [-0.05, 0) is 37.3 Å². The molecule has 1 aliphatic heterocycles. The number of carbonyl (C=O) groups excluding carboxylic acids is 2. The summed E-state index contributed by atoms with van der Waals surface area (Å²) in [4.78, 5) is 30.7. The summed E-state index contributed by atoms with van der Waals surface area (Å²) in [5, 5.41) is 7.40. The first-order chi connectivity index (χ1) is 14.0. The standard InChI is InChI=1S/C22H23N5O2/c1-15-3-5-19(6-4-15)27-14-17(11-21(27)28)22(29)24-13-18-12-20(26(2)25-18)16-7-9-23-10-8-16/h3-10,12,17H,11,13-14H2,1-2H3,(H,24,29). The third-order valence-corrected chi connectivity index (χ3v) is 5.19. The van der Waals surface area contributed by atoms with E-state index in [0.29, 0.717) is 13.1 Å². The van der Waals surface area contributed by atoms with Gasteiger partial charge in [-0.15, -0.1) is 0 Å². The highest BCUT2D eigenvalue weighted by atomic mass is 16.2. The van der Waals surface area contributed by atoms with Gasteiger partial charge in [-0.1, -0.05) is 17.7 Å². The van der Waals surface area contributed by atoms with Crippen LogP contribution in [0.25, 0.3) is 11.3 Å². The van der Waals surface area contributed by atoms with E-state index >= 15 is 0 Å². The van der Waals surface area contributed by atoms with Gasteiger partial charge in [0.2, 0.25) is 11.8 Å². The van der Waals surface area contributed by atoms with E-state index in [9.17, 15) is 9.59 Å². The van der Waals surface area contributed by atoms with Crippen molar-refractivity contribution in [3.63, 3.8) is 0 Å². The van der Waals surface area contributed by atoms with E-state index in [-0.39, 0.29) is 24.2 Å². The summed E-state index contributed by atoms with van der Waals surface area (Å²) in [7, 11) is 1.87. The molecule has 4 rings (SSSR count). The Balaban J connectivity index is 1.38. The Morgan fingerprint density at radius 2 is 1.90 bits per heavy atom. The number of hydrogen-bond acceptors (Lipinski definition) is 4. The first-order valence-electron chi connectivity index (χ1n) is 9.59. The van der Waals surface area contributed by atoms with Gasteiger partial charge in [0.25, 0.3) is 0 Å². The van der Waals surface area contributed by atoms with Crippen molar-refractivity contribution in [2.45, 2.75) is 19.9 Å². The summed E-state index contributed by atoms with van der Waals surface area (Å²) in [6, 6.07) is 13.6. The Labute approximate surface area is 169 Å². The van der Waals surface area contributed by atoms with E-state index in [1.807, 2.05) is 56.4 Å². The van der Waals surface area contributed by atoms with E-state index < -0.39 is 0 Å². The van der Waals surface area contributed by atoms with Crippen LogP contribution < -0.4 is 10.2 Å². The summed E-state index contributed by atoms with van der Waals surface area (Å²) in [5.41, 5.74) is 4.71. The molecule has 1 unspecified atom stereocenters. The molecule has 1 aromatic carbocycles. The van der Waals surface area contributed by atoms with Gasteiger partial charge in [0.15, 0.2) is 0 Å². The fourth-order valence-corrected chi connectivity index (χ4v) is 3.59. The van der Waals surface area contributed by atoms with Gasteiger partial charge >= 0.3 is 0 Å². The van der Waals surface area contributed by atoms with E-state index in [1.54, 1.807) is 22.0 Å². The van der Waals surface area contributed by atoms with Crippen LogP contribution in [-0.2, 0) is 23.2 Å². The molecule has 148 valence electrons. The lowest BCUT2D eigenvalue weighted by Gasteiger charge is -2.16. The molecule has 7 heteroatoms. The molecular weight excluding hydrogens is 366 g/mol. The average molecular weight is 389 g/mol. The lowest BCUT2D eigenvalue weighted by atomic mass is 10.1. The molecule has 3 heterocycles. The van der Waals surface area contributed by atoms with Crippen LogP contribution in [0.2, 0.25) is 0 Å². The first kappa shape index (κ1) is 18.9. The maximum atomic E-state index is 12.6.